The van der Waals surface area contributed by atoms with Crippen molar-refractivity contribution in [1.29, 1.82) is 0 Å². The largest absolute Gasteiger partial charge is 0.390 e. The van der Waals surface area contributed by atoms with Gasteiger partial charge < -0.3 is 15.9 Å². The molecule has 0 saturated heterocycles. The topological polar surface area (TPSA) is 66.5 Å². The minimum absolute atomic E-state index is 0.204. The predicted molar refractivity (Wildman–Crippen MR) is 29.2 cm³/mol. The summed E-state index contributed by atoms with van der Waals surface area (Å²) >= 11 is 0. The van der Waals surface area contributed by atoms with Crippen LogP contribution in [0.1, 0.15) is 12.8 Å². The Bertz CT molecular complexity index is 76.5. The van der Waals surface area contributed by atoms with Crippen LogP contribution >= 0.6 is 0 Å². The van der Waals surface area contributed by atoms with Gasteiger partial charge >= 0.3 is 0 Å². The molecule has 1 saturated carbocycles. The Morgan fingerprint density at radius 1 is 1.25 bits per heavy atom. The lowest BCUT2D eigenvalue weighted by Gasteiger charge is -2.09. The molecule has 3 unspecified atom stereocenters. The summed E-state index contributed by atoms with van der Waals surface area (Å²) in [5.41, 5.74) is 5.36. The molecule has 1 aliphatic carbocycles. The number of aliphatic hydroxyl groups excluding tert-OH is 2. The first-order chi connectivity index (χ1) is 3.72. The number of hydrogen-bond donors (Lipinski definition) is 3. The normalized spacial score (nSPS) is 47.6. The fourth-order valence-corrected chi connectivity index (χ4v) is 0.990. The highest BCUT2D eigenvalue weighted by molar-refractivity contribution is 4.86. The molecule has 0 heterocycles. The maximum atomic E-state index is 8.89. The van der Waals surface area contributed by atoms with E-state index >= 15 is 0 Å². The zero-order valence-corrected chi connectivity index (χ0v) is 4.62. The summed E-state index contributed by atoms with van der Waals surface area (Å²) in [5, 5.41) is 17.7. The molecule has 0 aliphatic heterocycles. The molecule has 1 aliphatic rings. The molecule has 0 amide bonds. The molecule has 0 aromatic rings. The van der Waals surface area contributed by atoms with E-state index in [9.17, 15) is 0 Å². The number of aliphatic hydroxyl groups is 2. The molecule has 0 bridgehead atoms. The third kappa shape index (κ3) is 0.844. The summed E-state index contributed by atoms with van der Waals surface area (Å²) in [6.45, 7) is 0. The Morgan fingerprint density at radius 2 is 1.88 bits per heavy atom. The van der Waals surface area contributed by atoms with E-state index in [1.807, 2.05) is 0 Å². The lowest BCUT2D eigenvalue weighted by Crippen LogP contribution is -2.34. The summed E-state index contributed by atoms with van der Waals surface area (Å²) in [4.78, 5) is 0. The molecule has 0 spiro atoms. The molecular weight excluding hydrogens is 106 g/mol. The van der Waals surface area contributed by atoms with Crippen LogP contribution in [0.2, 0.25) is 0 Å². The van der Waals surface area contributed by atoms with Crippen LogP contribution in [0.25, 0.3) is 0 Å². The van der Waals surface area contributed by atoms with Crippen LogP contribution in [0.15, 0.2) is 0 Å². The monoisotopic (exact) mass is 117 g/mol. The molecule has 1 rings (SSSR count). The van der Waals surface area contributed by atoms with E-state index in [0.717, 1.165) is 6.42 Å². The minimum Gasteiger partial charge on any atom is -0.390 e. The first kappa shape index (κ1) is 6.01. The smallest absolute Gasteiger partial charge is 0.0949 e. The van der Waals surface area contributed by atoms with Crippen LogP contribution in [0, 0.1) is 0 Å². The summed E-state index contributed by atoms with van der Waals surface area (Å²) in [6, 6.07) is -0.204. The van der Waals surface area contributed by atoms with E-state index in [0.29, 0.717) is 6.42 Å². The standard InChI is InChI=1S/C5H11NO2/c6-3-1-2-4(7)5(3)8/h3-5,7-8H,1-2,6H2. The third-order valence-corrected chi connectivity index (χ3v) is 1.63. The van der Waals surface area contributed by atoms with Gasteiger partial charge in [-0.1, -0.05) is 0 Å². The van der Waals surface area contributed by atoms with Gasteiger partial charge in [0.2, 0.25) is 0 Å². The van der Waals surface area contributed by atoms with Crippen molar-refractivity contribution in [2.75, 3.05) is 0 Å². The van der Waals surface area contributed by atoms with Gasteiger partial charge in [-0.3, -0.25) is 0 Å². The van der Waals surface area contributed by atoms with Gasteiger partial charge in [-0.15, -0.1) is 0 Å². The zero-order valence-electron chi connectivity index (χ0n) is 4.62. The maximum Gasteiger partial charge on any atom is 0.0949 e. The highest BCUT2D eigenvalue weighted by Crippen LogP contribution is 2.17. The first-order valence-corrected chi connectivity index (χ1v) is 2.83. The van der Waals surface area contributed by atoms with Gasteiger partial charge in [-0.05, 0) is 12.8 Å². The molecule has 48 valence electrons. The van der Waals surface area contributed by atoms with Crippen LogP contribution in [0.4, 0.5) is 0 Å². The van der Waals surface area contributed by atoms with Crippen molar-refractivity contribution in [2.45, 2.75) is 31.1 Å². The summed E-state index contributed by atoms with van der Waals surface area (Å²) in [7, 11) is 0. The second-order valence-electron chi connectivity index (χ2n) is 2.30. The van der Waals surface area contributed by atoms with Crippen LogP contribution in [0.5, 0.6) is 0 Å². The van der Waals surface area contributed by atoms with Gasteiger partial charge in [-0.2, -0.15) is 0 Å². The van der Waals surface area contributed by atoms with Crippen molar-refractivity contribution in [3.63, 3.8) is 0 Å². The fourth-order valence-electron chi connectivity index (χ4n) is 0.990. The van der Waals surface area contributed by atoms with E-state index in [-0.39, 0.29) is 6.04 Å². The third-order valence-electron chi connectivity index (χ3n) is 1.63. The molecule has 0 aromatic heterocycles. The Morgan fingerprint density at radius 3 is 2.00 bits per heavy atom. The van der Waals surface area contributed by atoms with Gasteiger partial charge in [0.15, 0.2) is 0 Å². The average Bonchev–Trinajstić information content (AvgIpc) is 1.98. The van der Waals surface area contributed by atoms with Gasteiger partial charge in [-0.25, -0.2) is 0 Å². The Labute approximate surface area is 48.1 Å². The molecular formula is C5H11NO2. The quantitative estimate of drug-likeness (QED) is 0.374. The maximum absolute atomic E-state index is 8.89. The summed E-state index contributed by atoms with van der Waals surface area (Å²) < 4.78 is 0. The van der Waals surface area contributed by atoms with Gasteiger partial charge in [0.25, 0.3) is 0 Å². The van der Waals surface area contributed by atoms with Crippen LogP contribution in [-0.2, 0) is 0 Å². The number of nitrogens with two attached hydrogens (primary N) is 1. The highest BCUT2D eigenvalue weighted by atomic mass is 16.3. The molecule has 1 fully saturated rings. The van der Waals surface area contributed by atoms with E-state index < -0.39 is 12.2 Å². The van der Waals surface area contributed by atoms with E-state index in [1.165, 1.54) is 0 Å². The molecule has 8 heavy (non-hydrogen) atoms. The fraction of sp³-hybridized carbons (Fsp3) is 1.00. The van der Waals surface area contributed by atoms with Crippen molar-refractivity contribution in [2.24, 2.45) is 5.73 Å². The predicted octanol–water partition coefficient (Wildman–Crippen LogP) is -1.17. The molecule has 3 heteroatoms. The minimum atomic E-state index is -0.685. The molecule has 0 radical (unpaired) electrons. The van der Waals surface area contributed by atoms with E-state index in [4.69, 9.17) is 15.9 Å². The Kier molecular flexibility index (Phi) is 1.51. The van der Waals surface area contributed by atoms with Crippen molar-refractivity contribution < 1.29 is 10.2 Å². The van der Waals surface area contributed by atoms with Crippen molar-refractivity contribution >= 4 is 0 Å². The second-order valence-corrected chi connectivity index (χ2v) is 2.30. The lowest BCUT2D eigenvalue weighted by atomic mass is 10.2. The molecule has 3 nitrogen and oxygen atoms in total. The van der Waals surface area contributed by atoms with E-state index in [1.54, 1.807) is 0 Å². The lowest BCUT2D eigenvalue weighted by molar-refractivity contribution is 0.0364. The van der Waals surface area contributed by atoms with Gasteiger partial charge in [0.1, 0.15) is 0 Å². The molecule has 0 aromatic carbocycles. The highest BCUT2D eigenvalue weighted by Gasteiger charge is 2.29. The van der Waals surface area contributed by atoms with Crippen molar-refractivity contribution in [3.05, 3.63) is 0 Å². The molecule has 3 atom stereocenters. The van der Waals surface area contributed by atoms with Crippen LogP contribution < -0.4 is 5.73 Å². The summed E-state index contributed by atoms with van der Waals surface area (Å²) in [6.07, 6.45) is 0.116. The molecule has 4 N–H and O–H groups in total. The summed E-state index contributed by atoms with van der Waals surface area (Å²) in [5.74, 6) is 0. The average molecular weight is 117 g/mol. The van der Waals surface area contributed by atoms with E-state index in [2.05, 4.69) is 0 Å². The zero-order chi connectivity index (χ0) is 6.15. The van der Waals surface area contributed by atoms with Crippen LogP contribution in [0.3, 0.4) is 0 Å². The SMILES string of the molecule is NC1CCC(O)C1O. The first-order valence-electron chi connectivity index (χ1n) is 2.83. The number of hydrogen-bond acceptors (Lipinski definition) is 3. The Balaban J connectivity index is 2.44. The second kappa shape index (κ2) is 2.01. The Hall–Kier alpha value is -0.120. The number of rotatable bonds is 0. The van der Waals surface area contributed by atoms with Gasteiger partial charge in [0.05, 0.1) is 12.2 Å². The van der Waals surface area contributed by atoms with Crippen molar-refractivity contribution in [1.82, 2.24) is 0 Å². The van der Waals surface area contributed by atoms with Crippen molar-refractivity contribution in [3.8, 4) is 0 Å². The van der Waals surface area contributed by atoms with Crippen LogP contribution in [-0.4, -0.2) is 28.5 Å². The van der Waals surface area contributed by atoms with Gasteiger partial charge in [0, 0.05) is 6.04 Å².